The smallest absolute Gasteiger partial charge is 0.363 e. The van der Waals surface area contributed by atoms with Crippen molar-refractivity contribution in [3.05, 3.63) is 76.3 Å². The number of rotatable bonds is 8. The van der Waals surface area contributed by atoms with E-state index in [9.17, 15) is 4.79 Å². The van der Waals surface area contributed by atoms with Crippen LogP contribution in [0.1, 0.15) is 35.1 Å². The molecule has 2 heterocycles. The van der Waals surface area contributed by atoms with Gasteiger partial charge in [-0.05, 0) is 56.7 Å². The molecule has 0 saturated heterocycles. The van der Waals surface area contributed by atoms with Gasteiger partial charge in [-0.1, -0.05) is 23.4 Å². The number of para-hydroxylation sites is 1. The minimum absolute atomic E-state index is 0.183. The zero-order valence-electron chi connectivity index (χ0n) is 18.9. The first-order valence-electron chi connectivity index (χ1n) is 10.5. The highest BCUT2D eigenvalue weighted by Crippen LogP contribution is 2.31. The summed E-state index contributed by atoms with van der Waals surface area (Å²) >= 11 is 0. The summed E-state index contributed by atoms with van der Waals surface area (Å²) in [6.07, 6.45) is 1.64. The van der Waals surface area contributed by atoms with E-state index in [0.717, 1.165) is 11.3 Å². The van der Waals surface area contributed by atoms with Gasteiger partial charge in [-0.3, -0.25) is 0 Å². The zero-order valence-corrected chi connectivity index (χ0v) is 18.9. The number of ether oxygens (including phenoxy) is 4. The molecule has 0 spiro atoms. The van der Waals surface area contributed by atoms with Crippen LogP contribution in [0.2, 0.25) is 0 Å². The molecule has 0 atom stereocenters. The number of nitrogens with zero attached hydrogens (tertiary/aromatic N) is 2. The van der Waals surface area contributed by atoms with Crippen LogP contribution in [0.5, 0.6) is 17.2 Å². The normalized spacial score (nSPS) is 14.2. The highest BCUT2D eigenvalue weighted by molar-refractivity contribution is 6.13. The van der Waals surface area contributed by atoms with Gasteiger partial charge in [0.25, 0.3) is 0 Å². The van der Waals surface area contributed by atoms with Crippen LogP contribution in [0.4, 0.5) is 0 Å². The van der Waals surface area contributed by atoms with Gasteiger partial charge >= 0.3 is 5.97 Å². The molecule has 0 radical (unpaired) electrons. The average Bonchev–Trinajstić information content (AvgIpc) is 3.34. The van der Waals surface area contributed by atoms with E-state index < -0.39 is 5.97 Å². The minimum Gasteiger partial charge on any atom is -0.493 e. The number of carbonyl (C=O) groups excluding carboxylic acids is 1. The quantitative estimate of drug-likeness (QED) is 0.367. The summed E-state index contributed by atoms with van der Waals surface area (Å²) in [6.45, 7) is 6.39. The van der Waals surface area contributed by atoms with Crippen LogP contribution in [0, 0.1) is 13.8 Å². The third-order valence-corrected chi connectivity index (χ3v) is 5.08. The van der Waals surface area contributed by atoms with Gasteiger partial charge < -0.3 is 23.5 Å². The molecule has 0 unspecified atom stereocenters. The standard InChI is InChI=1S/C25H24N2O6/c1-5-30-21-9-7-6-8-18(21)24-26-20(25(28)32-24)12-17-10-11-22(23(13-17)29-4)31-14-19-15(2)27-33-16(19)3/h6-13H,5,14H2,1-4H3/b20-12-. The summed E-state index contributed by atoms with van der Waals surface area (Å²) in [5, 5.41) is 3.94. The second kappa shape index (κ2) is 9.60. The predicted molar refractivity (Wildman–Crippen MR) is 122 cm³/mol. The number of hydrogen-bond acceptors (Lipinski definition) is 8. The predicted octanol–water partition coefficient (Wildman–Crippen LogP) is 4.62. The molecule has 4 rings (SSSR count). The van der Waals surface area contributed by atoms with E-state index in [1.54, 1.807) is 31.4 Å². The summed E-state index contributed by atoms with van der Waals surface area (Å²) in [7, 11) is 1.56. The molecule has 170 valence electrons. The topological polar surface area (TPSA) is 92.4 Å². The van der Waals surface area contributed by atoms with Crippen molar-refractivity contribution in [2.45, 2.75) is 27.4 Å². The van der Waals surface area contributed by atoms with Gasteiger partial charge in [-0.25, -0.2) is 9.79 Å². The molecule has 0 amide bonds. The lowest BCUT2D eigenvalue weighted by Crippen LogP contribution is -2.07. The monoisotopic (exact) mass is 448 g/mol. The Labute approximate surface area is 191 Å². The molecule has 0 aliphatic carbocycles. The highest BCUT2D eigenvalue weighted by Gasteiger charge is 2.26. The number of benzene rings is 2. The van der Waals surface area contributed by atoms with Gasteiger partial charge in [0.1, 0.15) is 18.1 Å². The maximum Gasteiger partial charge on any atom is 0.363 e. The van der Waals surface area contributed by atoms with Crippen LogP contribution in [0.3, 0.4) is 0 Å². The van der Waals surface area contributed by atoms with Crippen molar-refractivity contribution in [1.82, 2.24) is 5.16 Å². The van der Waals surface area contributed by atoms with Crippen molar-refractivity contribution in [3.8, 4) is 17.2 Å². The van der Waals surface area contributed by atoms with Crippen LogP contribution < -0.4 is 14.2 Å². The fourth-order valence-corrected chi connectivity index (χ4v) is 3.36. The number of aryl methyl sites for hydroxylation is 2. The maximum absolute atomic E-state index is 12.4. The van der Waals surface area contributed by atoms with E-state index >= 15 is 0 Å². The average molecular weight is 448 g/mol. The van der Waals surface area contributed by atoms with Gasteiger partial charge in [0.05, 0.1) is 30.5 Å². The van der Waals surface area contributed by atoms with E-state index in [1.165, 1.54) is 0 Å². The molecule has 0 bridgehead atoms. The van der Waals surface area contributed by atoms with Gasteiger partial charge in [0, 0.05) is 0 Å². The van der Waals surface area contributed by atoms with E-state index in [-0.39, 0.29) is 11.6 Å². The van der Waals surface area contributed by atoms with Crippen molar-refractivity contribution in [3.63, 3.8) is 0 Å². The molecule has 1 aromatic heterocycles. The van der Waals surface area contributed by atoms with Gasteiger partial charge in [0.2, 0.25) is 5.90 Å². The van der Waals surface area contributed by atoms with E-state index in [2.05, 4.69) is 10.1 Å². The molecule has 8 heteroatoms. The number of cyclic esters (lactones) is 1. The van der Waals surface area contributed by atoms with Crippen LogP contribution in [-0.4, -0.2) is 30.7 Å². The van der Waals surface area contributed by atoms with Crippen molar-refractivity contribution in [1.29, 1.82) is 0 Å². The first-order valence-corrected chi connectivity index (χ1v) is 10.5. The minimum atomic E-state index is -0.533. The first-order chi connectivity index (χ1) is 16.0. The molecule has 1 aliphatic rings. The summed E-state index contributed by atoms with van der Waals surface area (Å²) in [5.41, 5.74) is 3.20. The Kier molecular flexibility index (Phi) is 6.44. The SMILES string of the molecule is CCOc1ccccc1C1=N/C(=C\c2ccc(OCc3c(C)noc3C)c(OC)c2)C(=O)O1. The lowest BCUT2D eigenvalue weighted by atomic mass is 10.1. The van der Waals surface area contributed by atoms with Gasteiger partial charge in [0.15, 0.2) is 17.2 Å². The molecular formula is C25H24N2O6. The summed E-state index contributed by atoms with van der Waals surface area (Å²) < 4.78 is 27.6. The second-order valence-electron chi connectivity index (χ2n) is 7.27. The Morgan fingerprint density at radius 3 is 2.58 bits per heavy atom. The van der Waals surface area contributed by atoms with Gasteiger partial charge in [-0.15, -0.1) is 0 Å². The molecule has 1 aliphatic heterocycles. The number of aromatic nitrogens is 1. The number of aliphatic imine (C=N–C) groups is 1. The van der Waals surface area contributed by atoms with Crippen LogP contribution >= 0.6 is 0 Å². The van der Waals surface area contributed by atoms with Crippen molar-refractivity contribution in [2.75, 3.05) is 13.7 Å². The summed E-state index contributed by atoms with van der Waals surface area (Å²) in [5.74, 6) is 2.08. The number of hydrogen-bond donors (Lipinski definition) is 0. The summed E-state index contributed by atoms with van der Waals surface area (Å²) in [4.78, 5) is 16.8. The van der Waals surface area contributed by atoms with Crippen molar-refractivity contribution in [2.24, 2.45) is 4.99 Å². The Hall–Kier alpha value is -4.07. The van der Waals surface area contributed by atoms with Crippen LogP contribution in [0.15, 0.2) is 57.7 Å². The first kappa shape index (κ1) is 22.1. The molecular weight excluding hydrogens is 424 g/mol. The Morgan fingerprint density at radius 2 is 1.85 bits per heavy atom. The number of methoxy groups -OCH3 is 1. The molecule has 33 heavy (non-hydrogen) atoms. The lowest BCUT2D eigenvalue weighted by Gasteiger charge is -2.11. The zero-order chi connectivity index (χ0) is 23.4. The van der Waals surface area contributed by atoms with Gasteiger partial charge in [-0.2, -0.15) is 0 Å². The number of esters is 1. The molecule has 0 saturated carbocycles. The Balaban J connectivity index is 1.57. The van der Waals surface area contributed by atoms with E-state index in [0.29, 0.717) is 47.3 Å². The third-order valence-electron chi connectivity index (χ3n) is 5.08. The molecule has 0 N–H and O–H groups in total. The fourth-order valence-electron chi connectivity index (χ4n) is 3.36. The van der Waals surface area contributed by atoms with E-state index in [1.807, 2.05) is 45.0 Å². The maximum atomic E-state index is 12.4. The fraction of sp³-hybridized carbons (Fsp3) is 0.240. The third kappa shape index (κ3) is 4.74. The number of carbonyl (C=O) groups is 1. The van der Waals surface area contributed by atoms with Crippen molar-refractivity contribution < 1.29 is 28.3 Å². The molecule has 0 fully saturated rings. The Bertz CT molecular complexity index is 1220. The van der Waals surface area contributed by atoms with Crippen LogP contribution in [0.25, 0.3) is 6.08 Å². The largest absolute Gasteiger partial charge is 0.493 e. The van der Waals surface area contributed by atoms with E-state index in [4.69, 9.17) is 23.5 Å². The molecule has 8 nitrogen and oxygen atoms in total. The molecule has 3 aromatic rings. The highest BCUT2D eigenvalue weighted by atomic mass is 16.6. The molecule has 2 aromatic carbocycles. The Morgan fingerprint density at radius 1 is 1.03 bits per heavy atom. The van der Waals surface area contributed by atoms with Crippen molar-refractivity contribution >= 4 is 17.9 Å². The summed E-state index contributed by atoms with van der Waals surface area (Å²) in [6, 6.07) is 12.7. The second-order valence-corrected chi connectivity index (χ2v) is 7.27. The van der Waals surface area contributed by atoms with Crippen LogP contribution in [-0.2, 0) is 16.1 Å². The lowest BCUT2D eigenvalue weighted by molar-refractivity contribution is -0.129.